The van der Waals surface area contributed by atoms with Gasteiger partial charge in [0.1, 0.15) is 11.5 Å². The third-order valence-corrected chi connectivity index (χ3v) is 4.47. The van der Waals surface area contributed by atoms with Gasteiger partial charge in [0.2, 0.25) is 5.91 Å². The van der Waals surface area contributed by atoms with Gasteiger partial charge < -0.3 is 9.73 Å². The molecule has 1 aromatic heterocycles. The second kappa shape index (κ2) is 6.24. The molecule has 1 aromatic carbocycles. The van der Waals surface area contributed by atoms with Crippen molar-refractivity contribution >= 4 is 34.0 Å². The molecule has 6 heteroatoms. The maximum absolute atomic E-state index is 12.0. The van der Waals surface area contributed by atoms with Crippen molar-refractivity contribution in [3.05, 3.63) is 46.9 Å². The van der Waals surface area contributed by atoms with E-state index in [0.717, 1.165) is 5.56 Å². The van der Waals surface area contributed by atoms with Gasteiger partial charge in [-0.15, -0.1) is 0 Å². The first-order valence-corrected chi connectivity index (χ1v) is 7.65. The van der Waals surface area contributed by atoms with E-state index in [-0.39, 0.29) is 11.7 Å². The Hall–Kier alpha value is -1.59. The van der Waals surface area contributed by atoms with E-state index in [2.05, 4.69) is 5.32 Å². The molecule has 0 spiro atoms. The number of hydrogen-bond donors (Lipinski definition) is 1. The molecule has 4 nitrogen and oxygen atoms in total. The van der Waals surface area contributed by atoms with Crippen LogP contribution in [-0.4, -0.2) is 15.9 Å². The number of carbonyl (C=O) groups is 1. The standard InChI is InChI=1S/C14H14ClNO3S/c1-9-3-4-11(15)7-12(9)16-14(17)8-20(18)13-5-6-19-10(13)2/h3-7H,8H2,1-2H3,(H,16,17). The summed E-state index contributed by atoms with van der Waals surface area (Å²) < 4.78 is 17.1. The molecule has 2 aromatic rings. The average molecular weight is 312 g/mol. The van der Waals surface area contributed by atoms with Crippen LogP contribution in [-0.2, 0) is 15.6 Å². The van der Waals surface area contributed by atoms with E-state index in [1.54, 1.807) is 25.1 Å². The highest BCUT2D eigenvalue weighted by Crippen LogP contribution is 2.20. The lowest BCUT2D eigenvalue weighted by molar-refractivity contribution is -0.113. The zero-order chi connectivity index (χ0) is 14.7. The Labute approximate surface area is 124 Å². The minimum atomic E-state index is -1.42. The van der Waals surface area contributed by atoms with Gasteiger partial charge in [-0.1, -0.05) is 17.7 Å². The predicted molar refractivity (Wildman–Crippen MR) is 79.5 cm³/mol. The van der Waals surface area contributed by atoms with Crippen molar-refractivity contribution in [2.24, 2.45) is 0 Å². The van der Waals surface area contributed by atoms with Gasteiger partial charge in [-0.2, -0.15) is 0 Å². The van der Waals surface area contributed by atoms with Crippen LogP contribution in [0.25, 0.3) is 0 Å². The molecule has 1 amide bonds. The molecule has 1 unspecified atom stereocenters. The number of furan rings is 1. The lowest BCUT2D eigenvalue weighted by atomic mass is 10.2. The minimum absolute atomic E-state index is 0.119. The summed E-state index contributed by atoms with van der Waals surface area (Å²) in [6.07, 6.45) is 1.46. The number of aryl methyl sites for hydroxylation is 2. The fourth-order valence-electron chi connectivity index (χ4n) is 1.72. The summed E-state index contributed by atoms with van der Waals surface area (Å²) in [6, 6.07) is 6.85. The van der Waals surface area contributed by atoms with E-state index in [1.807, 2.05) is 13.0 Å². The second-order valence-electron chi connectivity index (χ2n) is 4.34. The number of hydrogen-bond acceptors (Lipinski definition) is 3. The number of carbonyl (C=O) groups excluding carboxylic acids is 1. The number of amides is 1. The quantitative estimate of drug-likeness (QED) is 0.942. The van der Waals surface area contributed by atoms with Gasteiger partial charge in [0.25, 0.3) is 0 Å². The lowest BCUT2D eigenvalue weighted by Crippen LogP contribution is -2.20. The molecule has 1 atom stereocenters. The van der Waals surface area contributed by atoms with E-state index in [0.29, 0.717) is 21.4 Å². The molecular weight excluding hydrogens is 298 g/mol. The predicted octanol–water partition coefficient (Wildman–Crippen LogP) is 3.30. The molecule has 20 heavy (non-hydrogen) atoms. The van der Waals surface area contributed by atoms with Gasteiger partial charge in [0, 0.05) is 10.7 Å². The van der Waals surface area contributed by atoms with Crippen LogP contribution in [0.4, 0.5) is 5.69 Å². The highest BCUT2D eigenvalue weighted by Gasteiger charge is 2.15. The molecule has 0 radical (unpaired) electrons. The molecule has 0 fully saturated rings. The maximum Gasteiger partial charge on any atom is 0.237 e. The number of anilines is 1. The molecular formula is C14H14ClNO3S. The molecule has 0 saturated heterocycles. The Kier molecular flexibility index (Phi) is 4.62. The second-order valence-corrected chi connectivity index (χ2v) is 6.19. The van der Waals surface area contributed by atoms with Crippen LogP contribution in [0.2, 0.25) is 5.02 Å². The fourth-order valence-corrected chi connectivity index (χ4v) is 2.94. The molecule has 2 rings (SSSR count). The van der Waals surface area contributed by atoms with Crippen molar-refractivity contribution in [2.45, 2.75) is 18.7 Å². The minimum Gasteiger partial charge on any atom is -0.468 e. The number of nitrogens with one attached hydrogen (secondary N) is 1. The molecule has 1 heterocycles. The molecule has 0 aliphatic heterocycles. The smallest absolute Gasteiger partial charge is 0.237 e. The van der Waals surface area contributed by atoms with Crippen LogP contribution in [0.1, 0.15) is 11.3 Å². The first kappa shape index (κ1) is 14.8. The normalized spacial score (nSPS) is 12.2. The van der Waals surface area contributed by atoms with Crippen LogP contribution in [0.5, 0.6) is 0 Å². The van der Waals surface area contributed by atoms with Crippen LogP contribution in [0, 0.1) is 13.8 Å². The van der Waals surface area contributed by atoms with Gasteiger partial charge in [0.05, 0.1) is 22.0 Å². The van der Waals surface area contributed by atoms with Crippen molar-refractivity contribution in [1.29, 1.82) is 0 Å². The summed E-state index contributed by atoms with van der Waals surface area (Å²) in [5, 5.41) is 3.26. The van der Waals surface area contributed by atoms with Gasteiger partial charge in [-0.05, 0) is 37.6 Å². The molecule has 0 aliphatic carbocycles. The van der Waals surface area contributed by atoms with Gasteiger partial charge in [0.15, 0.2) is 0 Å². The Morgan fingerprint density at radius 2 is 2.10 bits per heavy atom. The highest BCUT2D eigenvalue weighted by atomic mass is 35.5. The monoisotopic (exact) mass is 311 g/mol. The van der Waals surface area contributed by atoms with Crippen molar-refractivity contribution < 1.29 is 13.4 Å². The van der Waals surface area contributed by atoms with Crippen molar-refractivity contribution in [3.8, 4) is 0 Å². The SMILES string of the molecule is Cc1ccc(Cl)cc1NC(=O)CS(=O)c1ccoc1C. The number of rotatable bonds is 4. The lowest BCUT2D eigenvalue weighted by Gasteiger charge is -2.08. The van der Waals surface area contributed by atoms with E-state index >= 15 is 0 Å². The Balaban J connectivity index is 2.04. The van der Waals surface area contributed by atoms with Gasteiger partial charge in [-0.3, -0.25) is 9.00 Å². The van der Waals surface area contributed by atoms with Gasteiger partial charge in [-0.25, -0.2) is 0 Å². The summed E-state index contributed by atoms with van der Waals surface area (Å²) in [6.45, 7) is 3.58. The van der Waals surface area contributed by atoms with Crippen LogP contribution < -0.4 is 5.32 Å². The summed E-state index contributed by atoms with van der Waals surface area (Å²) in [5.41, 5.74) is 1.52. The zero-order valence-corrected chi connectivity index (χ0v) is 12.7. The van der Waals surface area contributed by atoms with E-state index in [4.69, 9.17) is 16.0 Å². The fraction of sp³-hybridized carbons (Fsp3) is 0.214. The summed E-state index contributed by atoms with van der Waals surface area (Å²) in [4.78, 5) is 12.5. The Morgan fingerprint density at radius 3 is 2.75 bits per heavy atom. The largest absolute Gasteiger partial charge is 0.468 e. The van der Waals surface area contributed by atoms with E-state index < -0.39 is 10.8 Å². The van der Waals surface area contributed by atoms with Crippen molar-refractivity contribution in [3.63, 3.8) is 0 Å². The summed E-state index contributed by atoms with van der Waals surface area (Å²) >= 11 is 5.88. The maximum atomic E-state index is 12.0. The highest BCUT2D eigenvalue weighted by molar-refractivity contribution is 7.85. The van der Waals surface area contributed by atoms with Crippen molar-refractivity contribution in [1.82, 2.24) is 0 Å². The number of benzene rings is 1. The molecule has 0 saturated carbocycles. The van der Waals surface area contributed by atoms with E-state index in [9.17, 15) is 9.00 Å². The Morgan fingerprint density at radius 1 is 1.35 bits per heavy atom. The number of halogens is 1. The molecule has 0 aliphatic rings. The van der Waals surface area contributed by atoms with Gasteiger partial charge >= 0.3 is 0 Å². The third kappa shape index (κ3) is 3.49. The first-order chi connectivity index (χ1) is 9.47. The first-order valence-electron chi connectivity index (χ1n) is 5.96. The summed E-state index contributed by atoms with van der Waals surface area (Å²) in [7, 11) is -1.42. The zero-order valence-electron chi connectivity index (χ0n) is 11.1. The van der Waals surface area contributed by atoms with Crippen molar-refractivity contribution in [2.75, 3.05) is 11.1 Å². The topological polar surface area (TPSA) is 59.3 Å². The Bertz CT molecular complexity index is 666. The third-order valence-electron chi connectivity index (χ3n) is 2.79. The molecule has 106 valence electrons. The van der Waals surface area contributed by atoms with E-state index in [1.165, 1.54) is 6.26 Å². The van der Waals surface area contributed by atoms with Crippen LogP contribution in [0.15, 0.2) is 39.8 Å². The molecule has 1 N–H and O–H groups in total. The van der Waals surface area contributed by atoms with Crippen LogP contribution >= 0.6 is 11.6 Å². The average Bonchev–Trinajstić information content (AvgIpc) is 2.80. The summed E-state index contributed by atoms with van der Waals surface area (Å²) in [5.74, 6) is 0.121. The molecule has 0 bridgehead atoms. The van der Waals surface area contributed by atoms with Crippen LogP contribution in [0.3, 0.4) is 0 Å².